The lowest BCUT2D eigenvalue weighted by Gasteiger charge is -2.22. The minimum Gasteiger partial charge on any atom is -0.491 e. The van der Waals surface area contributed by atoms with E-state index in [9.17, 15) is 4.79 Å². The van der Waals surface area contributed by atoms with Gasteiger partial charge in [-0.05, 0) is 25.5 Å². The number of nitrogens with two attached hydrogens (primary N) is 1. The molecule has 0 saturated heterocycles. The number of amides is 1. The van der Waals surface area contributed by atoms with Crippen molar-refractivity contribution in [1.29, 1.82) is 0 Å². The van der Waals surface area contributed by atoms with Crippen LogP contribution in [0.1, 0.15) is 30.6 Å². The Hall–Kier alpha value is -1.75. The summed E-state index contributed by atoms with van der Waals surface area (Å²) in [5, 5.41) is 9.04. The summed E-state index contributed by atoms with van der Waals surface area (Å²) in [6.07, 6.45) is 0.831. The SMILES string of the molecule is CCCN(CCO)C(=O)c1cccc(N)c1OCC. The van der Waals surface area contributed by atoms with Crippen LogP contribution in [0.4, 0.5) is 5.69 Å². The van der Waals surface area contributed by atoms with E-state index < -0.39 is 0 Å². The third-order valence-electron chi connectivity index (χ3n) is 2.72. The molecule has 19 heavy (non-hydrogen) atoms. The Labute approximate surface area is 114 Å². The zero-order chi connectivity index (χ0) is 14.3. The summed E-state index contributed by atoms with van der Waals surface area (Å²) in [4.78, 5) is 14.1. The number of carbonyl (C=O) groups excluding carboxylic acids is 1. The van der Waals surface area contributed by atoms with Crippen molar-refractivity contribution in [3.63, 3.8) is 0 Å². The van der Waals surface area contributed by atoms with Crippen LogP contribution in [0.25, 0.3) is 0 Å². The number of aliphatic hydroxyl groups is 1. The van der Waals surface area contributed by atoms with Crippen molar-refractivity contribution in [2.24, 2.45) is 0 Å². The molecule has 0 aromatic heterocycles. The predicted molar refractivity (Wildman–Crippen MR) is 75.3 cm³/mol. The highest BCUT2D eigenvalue weighted by atomic mass is 16.5. The first-order chi connectivity index (χ1) is 9.15. The number of carbonyl (C=O) groups is 1. The molecule has 1 aromatic carbocycles. The van der Waals surface area contributed by atoms with Gasteiger partial charge in [0.25, 0.3) is 5.91 Å². The number of nitrogens with zero attached hydrogens (tertiary/aromatic N) is 1. The first-order valence-electron chi connectivity index (χ1n) is 6.57. The average Bonchev–Trinajstić information content (AvgIpc) is 2.40. The van der Waals surface area contributed by atoms with Gasteiger partial charge in [0.2, 0.25) is 0 Å². The van der Waals surface area contributed by atoms with E-state index in [1.807, 2.05) is 13.8 Å². The van der Waals surface area contributed by atoms with Gasteiger partial charge in [-0.25, -0.2) is 0 Å². The van der Waals surface area contributed by atoms with Gasteiger partial charge < -0.3 is 20.5 Å². The molecular formula is C14H22N2O3. The number of rotatable bonds is 7. The van der Waals surface area contributed by atoms with Gasteiger partial charge in [-0.1, -0.05) is 13.0 Å². The first-order valence-corrected chi connectivity index (χ1v) is 6.57. The van der Waals surface area contributed by atoms with Crippen LogP contribution in [-0.4, -0.2) is 42.2 Å². The second-order valence-corrected chi connectivity index (χ2v) is 4.17. The number of para-hydroxylation sites is 1. The largest absolute Gasteiger partial charge is 0.491 e. The Morgan fingerprint density at radius 2 is 2.11 bits per heavy atom. The van der Waals surface area contributed by atoms with Crippen LogP contribution in [0.5, 0.6) is 5.75 Å². The minimum atomic E-state index is -0.161. The lowest BCUT2D eigenvalue weighted by atomic mass is 10.1. The first kappa shape index (κ1) is 15.3. The summed E-state index contributed by atoms with van der Waals surface area (Å²) >= 11 is 0. The fourth-order valence-electron chi connectivity index (χ4n) is 1.90. The van der Waals surface area contributed by atoms with Crippen LogP contribution in [-0.2, 0) is 0 Å². The lowest BCUT2D eigenvalue weighted by molar-refractivity contribution is 0.0718. The van der Waals surface area contributed by atoms with Crippen LogP contribution in [0.2, 0.25) is 0 Å². The van der Waals surface area contributed by atoms with Gasteiger partial charge in [-0.15, -0.1) is 0 Å². The maximum atomic E-state index is 12.5. The number of anilines is 1. The molecule has 0 radical (unpaired) electrons. The zero-order valence-corrected chi connectivity index (χ0v) is 11.6. The standard InChI is InChI=1S/C14H22N2O3/c1-3-8-16(9-10-17)14(18)11-6-5-7-12(15)13(11)19-4-2/h5-7,17H,3-4,8-10,15H2,1-2H3. The average molecular weight is 266 g/mol. The third-order valence-corrected chi connectivity index (χ3v) is 2.72. The number of ether oxygens (including phenoxy) is 1. The van der Waals surface area contributed by atoms with Crippen LogP contribution in [0.3, 0.4) is 0 Å². The van der Waals surface area contributed by atoms with Crippen LogP contribution >= 0.6 is 0 Å². The van der Waals surface area contributed by atoms with Crippen LogP contribution < -0.4 is 10.5 Å². The smallest absolute Gasteiger partial charge is 0.257 e. The second kappa shape index (κ2) is 7.63. The molecule has 0 aliphatic heterocycles. The van der Waals surface area contributed by atoms with Gasteiger partial charge >= 0.3 is 0 Å². The molecule has 0 aliphatic rings. The van der Waals surface area contributed by atoms with Crippen molar-refractivity contribution in [3.05, 3.63) is 23.8 Å². The molecule has 0 unspecified atom stereocenters. The molecule has 1 amide bonds. The molecule has 0 spiro atoms. The van der Waals surface area contributed by atoms with Gasteiger partial charge in [-0.3, -0.25) is 4.79 Å². The fourth-order valence-corrected chi connectivity index (χ4v) is 1.90. The molecule has 0 bridgehead atoms. The maximum absolute atomic E-state index is 12.5. The molecule has 0 fully saturated rings. The van der Waals surface area contributed by atoms with Crippen molar-refractivity contribution < 1.29 is 14.6 Å². The van der Waals surface area contributed by atoms with Crippen molar-refractivity contribution in [2.45, 2.75) is 20.3 Å². The quantitative estimate of drug-likeness (QED) is 0.734. The van der Waals surface area contributed by atoms with Crippen molar-refractivity contribution in [1.82, 2.24) is 4.90 Å². The second-order valence-electron chi connectivity index (χ2n) is 4.17. The maximum Gasteiger partial charge on any atom is 0.257 e. The number of nitrogen functional groups attached to an aromatic ring is 1. The summed E-state index contributed by atoms with van der Waals surface area (Å²) < 4.78 is 5.46. The number of aliphatic hydroxyl groups excluding tert-OH is 1. The summed E-state index contributed by atoms with van der Waals surface area (Å²) in [6, 6.07) is 5.13. The van der Waals surface area contributed by atoms with E-state index in [2.05, 4.69) is 0 Å². The van der Waals surface area contributed by atoms with Gasteiger partial charge in [0.15, 0.2) is 5.75 Å². The molecule has 0 aliphatic carbocycles. The predicted octanol–water partition coefficient (Wildman–Crippen LogP) is 1.51. The summed E-state index contributed by atoms with van der Waals surface area (Å²) in [5.41, 5.74) is 6.75. The number of hydrogen-bond donors (Lipinski definition) is 2. The summed E-state index contributed by atoms with van der Waals surface area (Å²) in [7, 11) is 0. The molecule has 1 rings (SSSR count). The Morgan fingerprint density at radius 3 is 2.68 bits per heavy atom. The Balaban J connectivity index is 3.05. The monoisotopic (exact) mass is 266 g/mol. The van der Waals surface area contributed by atoms with Crippen molar-refractivity contribution >= 4 is 11.6 Å². The third kappa shape index (κ3) is 3.86. The topological polar surface area (TPSA) is 75.8 Å². The molecule has 0 atom stereocenters. The normalized spacial score (nSPS) is 10.3. The van der Waals surface area contributed by atoms with E-state index in [1.54, 1.807) is 23.1 Å². The Bertz CT molecular complexity index is 415. The molecular weight excluding hydrogens is 244 g/mol. The molecule has 0 saturated carbocycles. The van der Waals surface area contributed by atoms with Gasteiger partial charge in [0, 0.05) is 13.1 Å². The summed E-state index contributed by atoms with van der Waals surface area (Å²) in [6.45, 7) is 5.13. The number of hydrogen-bond acceptors (Lipinski definition) is 4. The zero-order valence-electron chi connectivity index (χ0n) is 11.6. The van der Waals surface area contributed by atoms with E-state index in [0.29, 0.717) is 36.7 Å². The van der Waals surface area contributed by atoms with Crippen LogP contribution in [0.15, 0.2) is 18.2 Å². The minimum absolute atomic E-state index is 0.0575. The number of benzene rings is 1. The Kier molecular flexibility index (Phi) is 6.15. The highest BCUT2D eigenvalue weighted by molar-refractivity contribution is 5.98. The highest BCUT2D eigenvalue weighted by Gasteiger charge is 2.20. The van der Waals surface area contributed by atoms with E-state index in [4.69, 9.17) is 15.6 Å². The highest BCUT2D eigenvalue weighted by Crippen LogP contribution is 2.27. The summed E-state index contributed by atoms with van der Waals surface area (Å²) in [5.74, 6) is 0.265. The molecule has 5 nitrogen and oxygen atoms in total. The molecule has 106 valence electrons. The van der Waals surface area contributed by atoms with Gasteiger partial charge in [-0.2, -0.15) is 0 Å². The van der Waals surface area contributed by atoms with E-state index in [0.717, 1.165) is 6.42 Å². The van der Waals surface area contributed by atoms with Gasteiger partial charge in [0.1, 0.15) is 0 Å². The molecule has 1 aromatic rings. The van der Waals surface area contributed by atoms with Gasteiger partial charge in [0.05, 0.1) is 24.5 Å². The van der Waals surface area contributed by atoms with Crippen molar-refractivity contribution in [3.8, 4) is 5.75 Å². The van der Waals surface area contributed by atoms with Crippen LogP contribution in [0, 0.1) is 0 Å². The van der Waals surface area contributed by atoms with E-state index >= 15 is 0 Å². The Morgan fingerprint density at radius 1 is 1.37 bits per heavy atom. The van der Waals surface area contributed by atoms with Crippen molar-refractivity contribution in [2.75, 3.05) is 32.0 Å². The fraction of sp³-hybridized carbons (Fsp3) is 0.500. The van der Waals surface area contributed by atoms with E-state index in [-0.39, 0.29) is 12.5 Å². The molecule has 3 N–H and O–H groups in total. The van der Waals surface area contributed by atoms with E-state index in [1.165, 1.54) is 0 Å². The lowest BCUT2D eigenvalue weighted by Crippen LogP contribution is -2.34. The molecule has 5 heteroatoms. The molecule has 0 heterocycles.